The molecule has 0 atom stereocenters. The number of carbonyl (C=O) groups excluding carboxylic acids is 1. The Morgan fingerprint density at radius 2 is 1.86 bits per heavy atom. The van der Waals surface area contributed by atoms with E-state index >= 15 is 0 Å². The second-order valence-electron chi connectivity index (χ2n) is 7.18. The molecule has 1 aromatic heterocycles. The molecule has 0 aliphatic carbocycles. The van der Waals surface area contributed by atoms with Crippen molar-refractivity contribution in [3.05, 3.63) is 81.0 Å². The molecule has 0 spiro atoms. The second-order valence-corrected chi connectivity index (χ2v) is 7.18. The predicted molar refractivity (Wildman–Crippen MR) is 111 cm³/mol. The molecular formula is C23H25FN2O3. The van der Waals surface area contributed by atoms with Gasteiger partial charge in [-0.3, -0.25) is 9.69 Å². The van der Waals surface area contributed by atoms with Crippen LogP contribution in [-0.2, 0) is 17.9 Å². The molecular weight excluding hydrogens is 371 g/mol. The smallest absolute Gasteiger partial charge is 0.336 e. The van der Waals surface area contributed by atoms with Crippen molar-refractivity contribution >= 4 is 16.9 Å². The molecule has 3 rings (SSSR count). The highest BCUT2D eigenvalue weighted by atomic mass is 19.1. The van der Waals surface area contributed by atoms with E-state index in [4.69, 9.17) is 4.42 Å². The molecule has 0 aliphatic rings. The number of likely N-dealkylation sites (N-methyl/N-ethyl adjacent to an activating group) is 1. The standard InChI is InChI=1S/C23H25FN2O3/c1-4-26(14-21(27)25-12-17-6-8-19(24)9-7-17)13-18-11-22(28)29-23-16(3)15(2)5-10-20(18)23/h5-11H,4,12-14H2,1-3H3,(H,25,27). The monoisotopic (exact) mass is 396 g/mol. The summed E-state index contributed by atoms with van der Waals surface area (Å²) in [5.41, 5.74) is 3.89. The maximum atomic E-state index is 13.0. The van der Waals surface area contributed by atoms with Crippen LogP contribution in [0.15, 0.2) is 51.7 Å². The summed E-state index contributed by atoms with van der Waals surface area (Å²) in [7, 11) is 0. The number of benzene rings is 2. The molecule has 0 aliphatic heterocycles. The Morgan fingerprint density at radius 3 is 2.55 bits per heavy atom. The van der Waals surface area contributed by atoms with Gasteiger partial charge in [0, 0.05) is 24.5 Å². The summed E-state index contributed by atoms with van der Waals surface area (Å²) < 4.78 is 18.4. The molecule has 3 aromatic rings. The van der Waals surface area contributed by atoms with Crippen LogP contribution in [0.2, 0.25) is 0 Å². The zero-order chi connectivity index (χ0) is 21.0. The van der Waals surface area contributed by atoms with Crippen LogP contribution < -0.4 is 10.9 Å². The Labute approximate surface area is 169 Å². The minimum atomic E-state index is -0.391. The van der Waals surface area contributed by atoms with Crippen molar-refractivity contribution in [2.45, 2.75) is 33.9 Å². The molecule has 0 radical (unpaired) electrons. The van der Waals surface area contributed by atoms with Gasteiger partial charge in [0.25, 0.3) is 0 Å². The molecule has 1 N–H and O–H groups in total. The van der Waals surface area contributed by atoms with Crippen LogP contribution in [0.25, 0.3) is 11.0 Å². The van der Waals surface area contributed by atoms with Crippen molar-refractivity contribution in [1.29, 1.82) is 0 Å². The van der Waals surface area contributed by atoms with Gasteiger partial charge in [-0.25, -0.2) is 9.18 Å². The molecule has 0 saturated heterocycles. The van der Waals surface area contributed by atoms with Gasteiger partial charge in [-0.1, -0.05) is 31.2 Å². The van der Waals surface area contributed by atoms with Crippen molar-refractivity contribution in [3.63, 3.8) is 0 Å². The number of hydrogen-bond acceptors (Lipinski definition) is 4. The third-order valence-electron chi connectivity index (χ3n) is 5.13. The molecule has 152 valence electrons. The highest BCUT2D eigenvalue weighted by Gasteiger charge is 2.14. The lowest BCUT2D eigenvalue weighted by molar-refractivity contribution is -0.122. The van der Waals surface area contributed by atoms with Crippen LogP contribution in [0, 0.1) is 19.7 Å². The van der Waals surface area contributed by atoms with Crippen LogP contribution in [0.1, 0.15) is 29.2 Å². The number of aryl methyl sites for hydroxylation is 2. The zero-order valence-electron chi connectivity index (χ0n) is 16.9. The fourth-order valence-electron chi connectivity index (χ4n) is 3.24. The number of rotatable bonds is 7. The average Bonchev–Trinajstić information content (AvgIpc) is 2.70. The fourth-order valence-corrected chi connectivity index (χ4v) is 3.24. The first kappa shape index (κ1) is 20.7. The number of halogens is 1. The van der Waals surface area contributed by atoms with E-state index in [0.717, 1.165) is 27.6 Å². The first-order valence-corrected chi connectivity index (χ1v) is 9.63. The van der Waals surface area contributed by atoms with Crippen LogP contribution in [0.4, 0.5) is 4.39 Å². The van der Waals surface area contributed by atoms with Gasteiger partial charge in [-0.2, -0.15) is 0 Å². The number of amides is 1. The Kier molecular flexibility index (Phi) is 6.44. The van der Waals surface area contributed by atoms with E-state index in [1.807, 2.05) is 37.8 Å². The Bertz CT molecular complexity index is 1070. The Balaban J connectivity index is 1.71. The summed E-state index contributed by atoms with van der Waals surface area (Å²) in [6.45, 7) is 7.53. The van der Waals surface area contributed by atoms with Crippen molar-refractivity contribution in [1.82, 2.24) is 10.2 Å². The van der Waals surface area contributed by atoms with Crippen molar-refractivity contribution < 1.29 is 13.6 Å². The number of nitrogens with zero attached hydrogens (tertiary/aromatic N) is 1. The summed E-state index contributed by atoms with van der Waals surface area (Å²) in [4.78, 5) is 26.4. The first-order valence-electron chi connectivity index (χ1n) is 9.63. The molecule has 6 heteroatoms. The van der Waals surface area contributed by atoms with Gasteiger partial charge in [-0.05, 0) is 54.8 Å². The lowest BCUT2D eigenvalue weighted by Gasteiger charge is -2.21. The number of carbonyl (C=O) groups is 1. The highest BCUT2D eigenvalue weighted by Crippen LogP contribution is 2.24. The van der Waals surface area contributed by atoms with E-state index in [1.165, 1.54) is 18.2 Å². The quantitative estimate of drug-likeness (QED) is 0.619. The molecule has 5 nitrogen and oxygen atoms in total. The van der Waals surface area contributed by atoms with E-state index < -0.39 is 5.63 Å². The lowest BCUT2D eigenvalue weighted by Crippen LogP contribution is -2.36. The third-order valence-corrected chi connectivity index (χ3v) is 5.13. The molecule has 1 amide bonds. The largest absolute Gasteiger partial charge is 0.422 e. The zero-order valence-corrected chi connectivity index (χ0v) is 16.9. The SMILES string of the molecule is CCN(CC(=O)NCc1ccc(F)cc1)Cc1cc(=O)oc2c(C)c(C)ccc12. The molecule has 0 fully saturated rings. The molecule has 0 unspecified atom stereocenters. The molecule has 1 heterocycles. The Hall–Kier alpha value is -2.99. The average molecular weight is 396 g/mol. The molecule has 2 aromatic carbocycles. The summed E-state index contributed by atoms with van der Waals surface area (Å²) in [5, 5.41) is 3.74. The van der Waals surface area contributed by atoms with Crippen molar-refractivity contribution in [3.8, 4) is 0 Å². The summed E-state index contributed by atoms with van der Waals surface area (Å²) in [6, 6.07) is 11.5. The first-order chi connectivity index (χ1) is 13.9. The van der Waals surface area contributed by atoms with Crippen LogP contribution in [0.5, 0.6) is 0 Å². The summed E-state index contributed by atoms with van der Waals surface area (Å²) in [5.74, 6) is -0.433. The predicted octanol–water partition coefficient (Wildman–Crippen LogP) is 3.69. The van der Waals surface area contributed by atoms with E-state index in [9.17, 15) is 14.0 Å². The Morgan fingerprint density at radius 1 is 1.14 bits per heavy atom. The van der Waals surface area contributed by atoms with Crippen LogP contribution >= 0.6 is 0 Å². The van der Waals surface area contributed by atoms with Gasteiger partial charge in [0.1, 0.15) is 11.4 Å². The van der Waals surface area contributed by atoms with Gasteiger partial charge in [0.05, 0.1) is 6.54 Å². The van der Waals surface area contributed by atoms with Crippen LogP contribution in [-0.4, -0.2) is 23.9 Å². The topological polar surface area (TPSA) is 62.6 Å². The van der Waals surface area contributed by atoms with Gasteiger partial charge in [0.15, 0.2) is 0 Å². The van der Waals surface area contributed by atoms with E-state index in [2.05, 4.69) is 5.32 Å². The molecule has 29 heavy (non-hydrogen) atoms. The normalized spacial score (nSPS) is 11.2. The van der Waals surface area contributed by atoms with Crippen molar-refractivity contribution in [2.75, 3.05) is 13.1 Å². The maximum Gasteiger partial charge on any atom is 0.336 e. The van der Waals surface area contributed by atoms with E-state index in [-0.39, 0.29) is 18.3 Å². The minimum absolute atomic E-state index is 0.129. The molecule has 0 saturated carbocycles. The van der Waals surface area contributed by atoms with Gasteiger partial charge >= 0.3 is 5.63 Å². The van der Waals surface area contributed by atoms with Crippen LogP contribution in [0.3, 0.4) is 0 Å². The molecule has 0 bridgehead atoms. The highest BCUT2D eigenvalue weighted by molar-refractivity contribution is 5.84. The third kappa shape index (κ3) is 5.09. The number of fused-ring (bicyclic) bond motifs is 1. The van der Waals surface area contributed by atoms with E-state index in [0.29, 0.717) is 25.2 Å². The number of nitrogens with one attached hydrogen (secondary N) is 1. The van der Waals surface area contributed by atoms with Gasteiger partial charge in [-0.15, -0.1) is 0 Å². The fraction of sp³-hybridized carbons (Fsp3) is 0.304. The number of hydrogen-bond donors (Lipinski definition) is 1. The summed E-state index contributed by atoms with van der Waals surface area (Å²) in [6.07, 6.45) is 0. The van der Waals surface area contributed by atoms with Gasteiger partial charge in [0.2, 0.25) is 5.91 Å². The maximum absolute atomic E-state index is 13.0. The second kappa shape index (κ2) is 9.01. The van der Waals surface area contributed by atoms with E-state index in [1.54, 1.807) is 12.1 Å². The lowest BCUT2D eigenvalue weighted by atomic mass is 10.0. The summed E-state index contributed by atoms with van der Waals surface area (Å²) >= 11 is 0. The minimum Gasteiger partial charge on any atom is -0.422 e. The van der Waals surface area contributed by atoms with Crippen molar-refractivity contribution in [2.24, 2.45) is 0 Å². The van der Waals surface area contributed by atoms with Gasteiger partial charge < -0.3 is 9.73 Å².